The smallest absolute Gasteiger partial charge is 0.173 e. The monoisotopic (exact) mass is 421 g/mol. The van der Waals surface area contributed by atoms with E-state index in [0.717, 1.165) is 28.1 Å². The second-order valence-electron chi connectivity index (χ2n) is 6.81. The predicted molar refractivity (Wildman–Crippen MR) is 115 cm³/mol. The van der Waals surface area contributed by atoms with Crippen LogP contribution in [0.1, 0.15) is 16.8 Å². The molecule has 0 saturated heterocycles. The van der Waals surface area contributed by atoms with Gasteiger partial charge in [-0.3, -0.25) is 0 Å². The molecular weight excluding hydrogens is 402 g/mol. The number of nitriles is 1. The van der Waals surface area contributed by atoms with Gasteiger partial charge in [0.2, 0.25) is 0 Å². The van der Waals surface area contributed by atoms with Crippen molar-refractivity contribution in [2.75, 3.05) is 20.8 Å². The molecule has 0 spiro atoms. The standard InChI is InChI=1S/C22H20ClN5O2/c1-29-21(30-2)11-26-22-19-7-16(15-5-3-14(9-24)4-6-15)12-28(19)13-17-8-20(23)25-10-18(17)27-22/h3-8,10,12,21H,11,13H2,1-2H3,(H,26,27). The van der Waals surface area contributed by atoms with E-state index in [2.05, 4.69) is 33.2 Å². The third kappa shape index (κ3) is 4.07. The van der Waals surface area contributed by atoms with Crippen LogP contribution in [0.15, 0.2) is 53.8 Å². The van der Waals surface area contributed by atoms with Gasteiger partial charge in [-0.15, -0.1) is 0 Å². The Morgan fingerprint density at radius 3 is 2.67 bits per heavy atom. The van der Waals surface area contributed by atoms with Crippen LogP contribution in [-0.4, -0.2) is 42.4 Å². The Labute approximate surface area is 179 Å². The molecule has 0 saturated carbocycles. The highest BCUT2D eigenvalue weighted by Crippen LogP contribution is 2.30. The van der Waals surface area contributed by atoms with Crippen LogP contribution in [0.2, 0.25) is 5.15 Å². The molecule has 0 bridgehead atoms. The number of methoxy groups -OCH3 is 2. The van der Waals surface area contributed by atoms with Crippen molar-refractivity contribution in [2.45, 2.75) is 12.8 Å². The fraction of sp³-hybridized carbons (Fsp3) is 0.227. The molecule has 8 heteroatoms. The van der Waals surface area contributed by atoms with E-state index >= 15 is 0 Å². The van der Waals surface area contributed by atoms with Crippen molar-refractivity contribution in [3.8, 4) is 17.2 Å². The van der Waals surface area contributed by atoms with E-state index < -0.39 is 6.29 Å². The van der Waals surface area contributed by atoms with E-state index in [1.165, 1.54) is 0 Å². The minimum absolute atomic E-state index is 0.403. The molecule has 0 aliphatic carbocycles. The summed E-state index contributed by atoms with van der Waals surface area (Å²) in [6, 6.07) is 13.6. The third-order valence-electron chi connectivity index (χ3n) is 4.95. The lowest BCUT2D eigenvalue weighted by Crippen LogP contribution is -2.35. The first kappa shape index (κ1) is 20.1. The largest absolute Gasteiger partial charge is 0.363 e. The lowest BCUT2D eigenvalue weighted by molar-refractivity contribution is -0.0965. The van der Waals surface area contributed by atoms with Crippen LogP contribution in [0.5, 0.6) is 0 Å². The molecule has 4 rings (SSSR count). The van der Waals surface area contributed by atoms with Gasteiger partial charge in [0.05, 0.1) is 42.3 Å². The van der Waals surface area contributed by atoms with E-state index in [0.29, 0.717) is 29.6 Å². The first-order valence-corrected chi connectivity index (χ1v) is 9.72. The zero-order chi connectivity index (χ0) is 21.1. The van der Waals surface area contributed by atoms with Crippen molar-refractivity contribution >= 4 is 23.1 Å². The summed E-state index contributed by atoms with van der Waals surface area (Å²) >= 11 is 6.12. The minimum atomic E-state index is -0.403. The van der Waals surface area contributed by atoms with Crippen molar-refractivity contribution in [2.24, 2.45) is 4.99 Å². The van der Waals surface area contributed by atoms with Gasteiger partial charge in [-0.25, -0.2) is 9.98 Å². The first-order valence-electron chi connectivity index (χ1n) is 9.35. The molecule has 0 atom stereocenters. The summed E-state index contributed by atoms with van der Waals surface area (Å²) in [4.78, 5) is 8.98. The zero-order valence-corrected chi connectivity index (χ0v) is 17.3. The second kappa shape index (κ2) is 8.67. The van der Waals surface area contributed by atoms with Crippen molar-refractivity contribution in [1.29, 1.82) is 5.26 Å². The number of nitrogens with one attached hydrogen (secondary N) is 1. The minimum Gasteiger partial charge on any atom is -0.363 e. The summed E-state index contributed by atoms with van der Waals surface area (Å²) in [6.07, 6.45) is 3.35. The normalized spacial score (nSPS) is 12.6. The Morgan fingerprint density at radius 2 is 1.97 bits per heavy atom. The fourth-order valence-electron chi connectivity index (χ4n) is 3.36. The summed E-state index contributed by atoms with van der Waals surface area (Å²) in [6.45, 7) is 1.04. The highest BCUT2D eigenvalue weighted by molar-refractivity contribution is 6.29. The number of pyridine rings is 1. The van der Waals surface area contributed by atoms with E-state index in [4.69, 9.17) is 31.3 Å². The van der Waals surface area contributed by atoms with Gasteiger partial charge >= 0.3 is 0 Å². The van der Waals surface area contributed by atoms with Crippen LogP contribution < -0.4 is 5.32 Å². The molecule has 1 aliphatic heterocycles. The number of benzene rings is 1. The van der Waals surface area contributed by atoms with Crippen LogP contribution >= 0.6 is 11.6 Å². The van der Waals surface area contributed by atoms with Crippen LogP contribution in [0, 0.1) is 11.3 Å². The van der Waals surface area contributed by atoms with E-state index in [1.54, 1.807) is 20.4 Å². The zero-order valence-electron chi connectivity index (χ0n) is 16.6. The van der Waals surface area contributed by atoms with Crippen LogP contribution in [0.25, 0.3) is 11.1 Å². The number of aromatic nitrogens is 2. The number of ether oxygens (including phenoxy) is 2. The lowest BCUT2D eigenvalue weighted by Gasteiger charge is -2.16. The molecule has 0 amide bonds. The molecule has 7 nitrogen and oxygen atoms in total. The van der Waals surface area contributed by atoms with Crippen LogP contribution in [-0.2, 0) is 16.0 Å². The number of fused-ring (bicyclic) bond motifs is 2. The fourth-order valence-corrected chi connectivity index (χ4v) is 3.54. The Morgan fingerprint density at radius 1 is 1.20 bits per heavy atom. The van der Waals surface area contributed by atoms with Gasteiger partial charge in [-0.2, -0.15) is 5.26 Å². The molecule has 1 N–H and O–H groups in total. The van der Waals surface area contributed by atoms with E-state index in [1.807, 2.05) is 30.3 Å². The average Bonchev–Trinajstić information content (AvgIpc) is 3.12. The number of halogens is 1. The molecule has 0 unspecified atom stereocenters. The van der Waals surface area contributed by atoms with E-state index in [-0.39, 0.29) is 0 Å². The number of nitrogens with zero attached hydrogens (tertiary/aromatic N) is 4. The van der Waals surface area contributed by atoms with Crippen molar-refractivity contribution in [3.05, 3.63) is 70.8 Å². The summed E-state index contributed by atoms with van der Waals surface area (Å²) in [7, 11) is 3.19. The molecule has 3 heterocycles. The van der Waals surface area contributed by atoms with Gasteiger partial charge in [0, 0.05) is 31.5 Å². The molecule has 1 aliphatic rings. The van der Waals surface area contributed by atoms with Gasteiger partial charge in [0.1, 0.15) is 5.15 Å². The van der Waals surface area contributed by atoms with Crippen LogP contribution in [0.3, 0.4) is 0 Å². The average molecular weight is 422 g/mol. The quantitative estimate of drug-likeness (QED) is 0.501. The number of aliphatic imine (C=N–C) groups is 1. The third-order valence-corrected chi connectivity index (χ3v) is 5.16. The Hall–Kier alpha value is -3.18. The van der Waals surface area contributed by atoms with Crippen molar-refractivity contribution in [1.82, 2.24) is 14.9 Å². The predicted octanol–water partition coefficient (Wildman–Crippen LogP) is 3.72. The van der Waals surface area contributed by atoms with E-state index in [9.17, 15) is 0 Å². The number of hydrogen-bond donors (Lipinski definition) is 1. The maximum absolute atomic E-state index is 9.04. The van der Waals surface area contributed by atoms with Crippen molar-refractivity contribution in [3.63, 3.8) is 0 Å². The number of rotatable bonds is 5. The molecule has 1 aromatic carbocycles. The lowest BCUT2D eigenvalue weighted by atomic mass is 10.1. The molecule has 3 aromatic rings. The van der Waals surface area contributed by atoms with Gasteiger partial charge < -0.3 is 19.4 Å². The molecule has 30 heavy (non-hydrogen) atoms. The topological polar surface area (TPSA) is 84.5 Å². The molecule has 2 aromatic heterocycles. The SMILES string of the molecule is COC(CNC1=Nc2cnc(Cl)cc2Cn2cc(-c3ccc(C#N)cc3)cc21)OC. The Balaban J connectivity index is 1.75. The number of amidine groups is 1. The summed E-state index contributed by atoms with van der Waals surface area (Å²) in [5.74, 6) is 0.692. The van der Waals surface area contributed by atoms with Gasteiger partial charge in [-0.1, -0.05) is 23.7 Å². The Bertz CT molecular complexity index is 1130. The Kier molecular flexibility index (Phi) is 5.81. The van der Waals surface area contributed by atoms with Gasteiger partial charge in [0.25, 0.3) is 0 Å². The molecule has 0 fully saturated rings. The maximum Gasteiger partial charge on any atom is 0.173 e. The summed E-state index contributed by atoms with van der Waals surface area (Å²) in [5, 5.41) is 12.8. The molecule has 152 valence electrons. The highest BCUT2D eigenvalue weighted by atomic mass is 35.5. The van der Waals surface area contributed by atoms with Gasteiger partial charge in [-0.05, 0) is 29.8 Å². The first-order chi connectivity index (χ1) is 14.6. The van der Waals surface area contributed by atoms with Crippen molar-refractivity contribution < 1.29 is 9.47 Å². The van der Waals surface area contributed by atoms with Crippen LogP contribution in [0.4, 0.5) is 5.69 Å². The summed E-state index contributed by atoms with van der Waals surface area (Å²) in [5.41, 5.74) is 5.34. The highest BCUT2D eigenvalue weighted by Gasteiger charge is 2.20. The molecular formula is C22H20ClN5O2. The second-order valence-corrected chi connectivity index (χ2v) is 7.20. The molecule has 0 radical (unpaired) electrons. The summed E-state index contributed by atoms with van der Waals surface area (Å²) < 4.78 is 12.7. The number of hydrogen-bond acceptors (Lipinski definition) is 6. The maximum atomic E-state index is 9.04. The van der Waals surface area contributed by atoms with Gasteiger partial charge in [0.15, 0.2) is 12.1 Å².